The summed E-state index contributed by atoms with van der Waals surface area (Å²) in [5, 5.41) is 14.2. The first-order valence-electron chi connectivity index (χ1n) is 10.3. The van der Waals surface area contributed by atoms with Crippen molar-refractivity contribution in [2.45, 2.75) is 23.8 Å². The van der Waals surface area contributed by atoms with Gasteiger partial charge in [-0.25, -0.2) is 0 Å². The van der Waals surface area contributed by atoms with Gasteiger partial charge in [0.15, 0.2) is 11.0 Å². The van der Waals surface area contributed by atoms with E-state index in [2.05, 4.69) is 27.6 Å². The zero-order chi connectivity index (χ0) is 22.3. The van der Waals surface area contributed by atoms with Gasteiger partial charge in [0, 0.05) is 6.54 Å². The van der Waals surface area contributed by atoms with Crippen LogP contribution in [0.3, 0.4) is 0 Å². The van der Waals surface area contributed by atoms with Gasteiger partial charge in [-0.3, -0.25) is 9.36 Å². The summed E-state index contributed by atoms with van der Waals surface area (Å²) in [5.41, 5.74) is 2.03. The molecule has 2 aromatic carbocycles. The lowest BCUT2D eigenvalue weighted by Crippen LogP contribution is -2.32. The highest BCUT2D eigenvalue weighted by Crippen LogP contribution is 2.35. The van der Waals surface area contributed by atoms with E-state index in [1.54, 1.807) is 18.4 Å². The van der Waals surface area contributed by atoms with Crippen LogP contribution >= 0.6 is 23.1 Å². The number of ether oxygens (including phenoxy) is 1. The van der Waals surface area contributed by atoms with Gasteiger partial charge >= 0.3 is 0 Å². The fourth-order valence-electron chi connectivity index (χ4n) is 3.27. The van der Waals surface area contributed by atoms with Gasteiger partial charge in [0.25, 0.3) is 0 Å². The highest BCUT2D eigenvalue weighted by Gasteiger charge is 2.23. The number of nitrogens with zero attached hydrogens (tertiary/aromatic N) is 3. The van der Waals surface area contributed by atoms with E-state index in [1.807, 2.05) is 71.5 Å². The SMILES string of the molecule is COc1ccccc1-n1c(SC(C)C(=O)NCCc2ccccc2)nnc1-c1cccs1. The number of rotatable bonds is 9. The van der Waals surface area contributed by atoms with Crippen LogP contribution in [-0.4, -0.2) is 39.6 Å². The number of aromatic nitrogens is 3. The molecule has 0 bridgehead atoms. The van der Waals surface area contributed by atoms with E-state index < -0.39 is 0 Å². The summed E-state index contributed by atoms with van der Waals surface area (Å²) < 4.78 is 7.54. The smallest absolute Gasteiger partial charge is 0.233 e. The van der Waals surface area contributed by atoms with Crippen LogP contribution in [-0.2, 0) is 11.2 Å². The molecule has 4 aromatic rings. The number of carbonyl (C=O) groups is 1. The van der Waals surface area contributed by atoms with Crippen LogP contribution in [0.15, 0.2) is 77.3 Å². The Kier molecular flexibility index (Phi) is 7.24. The zero-order valence-corrected chi connectivity index (χ0v) is 19.5. The molecule has 6 nitrogen and oxygen atoms in total. The van der Waals surface area contributed by atoms with Gasteiger partial charge in [-0.15, -0.1) is 21.5 Å². The molecule has 1 N–H and O–H groups in total. The van der Waals surface area contributed by atoms with Crippen LogP contribution in [0.25, 0.3) is 16.4 Å². The number of thiophene rings is 1. The summed E-state index contributed by atoms with van der Waals surface area (Å²) in [7, 11) is 1.64. The Labute approximate surface area is 195 Å². The number of methoxy groups -OCH3 is 1. The van der Waals surface area contributed by atoms with Crippen LogP contribution in [0.1, 0.15) is 12.5 Å². The van der Waals surface area contributed by atoms with Crippen LogP contribution in [0.4, 0.5) is 0 Å². The minimum Gasteiger partial charge on any atom is -0.495 e. The molecule has 0 aliphatic rings. The van der Waals surface area contributed by atoms with Gasteiger partial charge in [0.05, 0.1) is 22.9 Å². The lowest BCUT2D eigenvalue weighted by molar-refractivity contribution is -0.120. The molecule has 8 heteroatoms. The normalized spacial score (nSPS) is 11.8. The number of amides is 1. The molecule has 1 amide bonds. The Bertz CT molecular complexity index is 1160. The van der Waals surface area contributed by atoms with E-state index in [0.717, 1.165) is 22.8 Å². The van der Waals surface area contributed by atoms with Crippen molar-refractivity contribution in [3.63, 3.8) is 0 Å². The van der Waals surface area contributed by atoms with E-state index in [0.29, 0.717) is 17.5 Å². The monoisotopic (exact) mass is 464 g/mol. The first kappa shape index (κ1) is 22.1. The predicted octanol–water partition coefficient (Wildman–Crippen LogP) is 4.84. The third-order valence-electron chi connectivity index (χ3n) is 4.91. The van der Waals surface area contributed by atoms with Gasteiger partial charge < -0.3 is 10.1 Å². The summed E-state index contributed by atoms with van der Waals surface area (Å²) in [6.45, 7) is 2.47. The van der Waals surface area contributed by atoms with Crippen molar-refractivity contribution in [3.05, 3.63) is 77.7 Å². The van der Waals surface area contributed by atoms with E-state index in [4.69, 9.17) is 4.74 Å². The third-order valence-corrected chi connectivity index (χ3v) is 6.82. The van der Waals surface area contributed by atoms with Crippen molar-refractivity contribution in [1.29, 1.82) is 0 Å². The minimum atomic E-state index is -0.334. The average Bonchev–Trinajstić information content (AvgIpc) is 3.49. The average molecular weight is 465 g/mol. The van der Waals surface area contributed by atoms with Crippen molar-refractivity contribution in [1.82, 2.24) is 20.1 Å². The van der Waals surface area contributed by atoms with E-state index in [1.165, 1.54) is 17.3 Å². The Morgan fingerprint density at radius 1 is 1.09 bits per heavy atom. The molecule has 0 radical (unpaired) electrons. The van der Waals surface area contributed by atoms with E-state index in [9.17, 15) is 4.79 Å². The van der Waals surface area contributed by atoms with Crippen LogP contribution in [0, 0.1) is 0 Å². The largest absolute Gasteiger partial charge is 0.495 e. The first-order chi connectivity index (χ1) is 15.7. The second-order valence-corrected chi connectivity index (χ2v) is 9.33. The number of para-hydroxylation sites is 2. The van der Waals surface area contributed by atoms with Crippen LogP contribution < -0.4 is 10.1 Å². The Morgan fingerprint density at radius 2 is 1.88 bits per heavy atom. The van der Waals surface area contributed by atoms with Crippen molar-refractivity contribution >= 4 is 29.0 Å². The van der Waals surface area contributed by atoms with Gasteiger partial charge in [0.1, 0.15) is 5.75 Å². The third kappa shape index (κ3) is 5.03. The van der Waals surface area contributed by atoms with E-state index in [-0.39, 0.29) is 11.2 Å². The highest BCUT2D eigenvalue weighted by molar-refractivity contribution is 8.00. The maximum Gasteiger partial charge on any atom is 0.233 e. The van der Waals surface area contributed by atoms with Crippen LogP contribution in [0.5, 0.6) is 5.75 Å². The summed E-state index contributed by atoms with van der Waals surface area (Å²) in [6.07, 6.45) is 0.796. The standard InChI is InChI=1S/C24H24N4O2S2/c1-17(23(29)25-15-14-18-9-4-3-5-10-18)32-24-27-26-22(21-13-8-16-31-21)28(24)19-11-6-7-12-20(19)30-2/h3-13,16-17H,14-15H2,1-2H3,(H,25,29). The highest BCUT2D eigenvalue weighted by atomic mass is 32.2. The number of thioether (sulfide) groups is 1. The maximum absolute atomic E-state index is 12.7. The van der Waals surface area contributed by atoms with Crippen molar-refractivity contribution in [2.75, 3.05) is 13.7 Å². The fraction of sp³-hybridized carbons (Fsp3) is 0.208. The zero-order valence-electron chi connectivity index (χ0n) is 17.9. The molecule has 0 aliphatic heterocycles. The molecule has 2 aromatic heterocycles. The lowest BCUT2D eigenvalue weighted by Gasteiger charge is -2.15. The molecule has 0 spiro atoms. The summed E-state index contributed by atoms with van der Waals surface area (Å²) in [6, 6.07) is 21.9. The van der Waals surface area contributed by atoms with Gasteiger partial charge in [-0.1, -0.05) is 60.3 Å². The molecule has 32 heavy (non-hydrogen) atoms. The molecule has 1 unspecified atom stereocenters. The fourth-order valence-corrected chi connectivity index (χ4v) is 4.86. The molecule has 0 aliphatic carbocycles. The first-order valence-corrected chi connectivity index (χ1v) is 12.0. The second kappa shape index (κ2) is 10.5. The van der Waals surface area contributed by atoms with Gasteiger partial charge in [-0.2, -0.15) is 0 Å². The minimum absolute atomic E-state index is 0.0295. The number of benzene rings is 2. The van der Waals surface area contributed by atoms with Crippen molar-refractivity contribution in [3.8, 4) is 22.1 Å². The topological polar surface area (TPSA) is 69.0 Å². The molecule has 0 saturated carbocycles. The molecule has 0 saturated heterocycles. The number of hydrogen-bond acceptors (Lipinski definition) is 6. The number of hydrogen-bond donors (Lipinski definition) is 1. The molecular weight excluding hydrogens is 440 g/mol. The van der Waals surface area contributed by atoms with Crippen LogP contribution in [0.2, 0.25) is 0 Å². The quantitative estimate of drug-likeness (QED) is 0.359. The molecule has 1 atom stereocenters. The molecule has 2 heterocycles. The second-order valence-electron chi connectivity index (χ2n) is 7.08. The molecule has 164 valence electrons. The summed E-state index contributed by atoms with van der Waals surface area (Å²) >= 11 is 2.98. The Balaban J connectivity index is 1.53. The van der Waals surface area contributed by atoms with E-state index >= 15 is 0 Å². The summed E-state index contributed by atoms with van der Waals surface area (Å²) in [4.78, 5) is 13.7. The van der Waals surface area contributed by atoms with Gasteiger partial charge in [0.2, 0.25) is 5.91 Å². The van der Waals surface area contributed by atoms with Crippen molar-refractivity contribution in [2.24, 2.45) is 0 Å². The molecular formula is C24H24N4O2S2. The summed E-state index contributed by atoms with van der Waals surface area (Å²) in [5.74, 6) is 1.41. The Hall–Kier alpha value is -3.10. The maximum atomic E-state index is 12.7. The Morgan fingerprint density at radius 3 is 2.62 bits per heavy atom. The lowest BCUT2D eigenvalue weighted by atomic mass is 10.1. The van der Waals surface area contributed by atoms with Gasteiger partial charge in [-0.05, 0) is 42.5 Å². The number of carbonyl (C=O) groups excluding carboxylic acids is 1. The van der Waals surface area contributed by atoms with Crippen molar-refractivity contribution < 1.29 is 9.53 Å². The molecule has 0 fully saturated rings. The predicted molar refractivity (Wildman–Crippen MR) is 130 cm³/mol. The number of nitrogens with one attached hydrogen (secondary N) is 1. The molecule has 4 rings (SSSR count).